The van der Waals surface area contributed by atoms with Crippen molar-refractivity contribution in [2.75, 3.05) is 17.9 Å². The lowest BCUT2D eigenvalue weighted by molar-refractivity contribution is -0.113. The third kappa shape index (κ3) is 4.76. The first-order valence-corrected chi connectivity index (χ1v) is 10.1. The molecule has 2 N–H and O–H groups in total. The van der Waals surface area contributed by atoms with Crippen molar-refractivity contribution in [1.82, 2.24) is 15.2 Å². The van der Waals surface area contributed by atoms with Crippen molar-refractivity contribution in [1.29, 1.82) is 0 Å². The number of fused-ring (bicyclic) bond motifs is 1. The molecule has 2 aromatic carbocycles. The molecule has 1 aromatic heterocycles. The molecule has 28 heavy (non-hydrogen) atoms. The maximum Gasteiger partial charge on any atom is 0.234 e. The van der Waals surface area contributed by atoms with Crippen LogP contribution in [-0.4, -0.2) is 33.6 Å². The lowest BCUT2D eigenvalue weighted by Crippen LogP contribution is -2.14. The van der Waals surface area contributed by atoms with Gasteiger partial charge in [-0.05, 0) is 36.4 Å². The van der Waals surface area contributed by atoms with E-state index in [0.717, 1.165) is 10.2 Å². The van der Waals surface area contributed by atoms with Crippen LogP contribution in [0.5, 0.6) is 17.2 Å². The van der Waals surface area contributed by atoms with Gasteiger partial charge in [-0.1, -0.05) is 27.7 Å². The van der Waals surface area contributed by atoms with E-state index in [-0.39, 0.29) is 25.1 Å². The molecular weight excluding hydrogens is 448 g/mol. The van der Waals surface area contributed by atoms with E-state index in [1.807, 2.05) is 24.3 Å². The fraction of sp³-hybridized carbons (Fsp3) is 0.167. The van der Waals surface area contributed by atoms with Gasteiger partial charge in [0.2, 0.25) is 17.9 Å². The molecule has 144 valence electrons. The van der Waals surface area contributed by atoms with Crippen molar-refractivity contribution in [3.63, 3.8) is 0 Å². The number of aromatic nitrogens is 3. The number of rotatable bonds is 7. The molecule has 0 fully saturated rings. The zero-order valence-electron chi connectivity index (χ0n) is 14.5. The number of anilines is 1. The van der Waals surface area contributed by atoms with Gasteiger partial charge in [0.05, 0.1) is 5.75 Å². The van der Waals surface area contributed by atoms with E-state index in [0.29, 0.717) is 28.2 Å². The van der Waals surface area contributed by atoms with Gasteiger partial charge >= 0.3 is 0 Å². The smallest absolute Gasteiger partial charge is 0.234 e. The average Bonchev–Trinajstić information content (AvgIpc) is 3.35. The average molecular weight is 463 g/mol. The van der Waals surface area contributed by atoms with Gasteiger partial charge in [-0.3, -0.25) is 9.89 Å². The summed E-state index contributed by atoms with van der Waals surface area (Å²) in [5, 5.41) is 10.2. The first kappa shape index (κ1) is 18.6. The molecule has 3 aromatic rings. The lowest BCUT2D eigenvalue weighted by Gasteiger charge is -2.05. The number of carbonyl (C=O) groups is 1. The number of H-pyrrole nitrogens is 1. The van der Waals surface area contributed by atoms with Gasteiger partial charge in [0.25, 0.3) is 0 Å². The number of benzene rings is 2. The third-order valence-corrected chi connectivity index (χ3v) is 5.07. The number of nitrogens with one attached hydrogen (secondary N) is 2. The van der Waals surface area contributed by atoms with E-state index in [1.54, 1.807) is 18.2 Å². The molecule has 0 spiro atoms. The summed E-state index contributed by atoms with van der Waals surface area (Å²) in [5.41, 5.74) is 0.647. The van der Waals surface area contributed by atoms with Crippen LogP contribution in [-0.2, 0) is 11.4 Å². The maximum atomic E-state index is 12.1. The number of thioether (sulfide) groups is 1. The fourth-order valence-corrected chi connectivity index (χ4v) is 3.27. The Labute approximate surface area is 173 Å². The van der Waals surface area contributed by atoms with Crippen LogP contribution in [0.25, 0.3) is 0 Å². The first-order chi connectivity index (χ1) is 13.7. The summed E-state index contributed by atoms with van der Waals surface area (Å²) in [6.45, 7) is 0.458. The molecule has 0 saturated carbocycles. The molecule has 0 atom stereocenters. The predicted molar refractivity (Wildman–Crippen MR) is 107 cm³/mol. The largest absolute Gasteiger partial charge is 0.486 e. The Kier molecular flexibility index (Phi) is 5.68. The Morgan fingerprint density at radius 1 is 1.21 bits per heavy atom. The van der Waals surface area contributed by atoms with Crippen LogP contribution in [0.2, 0.25) is 0 Å². The number of carbonyl (C=O) groups excluding carboxylic acids is 1. The van der Waals surface area contributed by atoms with Crippen LogP contribution in [0.4, 0.5) is 5.69 Å². The van der Waals surface area contributed by atoms with Gasteiger partial charge in [0, 0.05) is 16.2 Å². The summed E-state index contributed by atoms with van der Waals surface area (Å²) in [6, 6.07) is 12.8. The SMILES string of the molecule is O=C(CSc1n[nH]c(COc2ccc(Br)cc2)n1)Nc1ccc2c(c1)OCO2. The highest BCUT2D eigenvalue weighted by Crippen LogP contribution is 2.34. The van der Waals surface area contributed by atoms with E-state index in [9.17, 15) is 4.79 Å². The number of hydrogen-bond donors (Lipinski definition) is 2. The highest BCUT2D eigenvalue weighted by molar-refractivity contribution is 9.10. The van der Waals surface area contributed by atoms with Crippen LogP contribution in [0.3, 0.4) is 0 Å². The summed E-state index contributed by atoms with van der Waals surface area (Å²) >= 11 is 4.61. The summed E-state index contributed by atoms with van der Waals surface area (Å²) in [5.74, 6) is 2.62. The molecule has 0 aliphatic carbocycles. The second-order valence-corrected chi connectivity index (χ2v) is 7.57. The predicted octanol–water partition coefficient (Wildman–Crippen LogP) is 3.61. The second kappa shape index (κ2) is 8.53. The number of hydrogen-bond acceptors (Lipinski definition) is 7. The third-order valence-electron chi connectivity index (χ3n) is 3.69. The standard InChI is InChI=1S/C18H15BrN4O4S/c19-11-1-4-13(5-2-11)25-8-16-21-18(23-22-16)28-9-17(24)20-12-3-6-14-15(7-12)27-10-26-14/h1-7H,8-10H2,(H,20,24)(H,21,22,23). The van der Waals surface area contributed by atoms with Crippen molar-refractivity contribution in [3.05, 3.63) is 52.8 Å². The Morgan fingerprint density at radius 3 is 2.89 bits per heavy atom. The van der Waals surface area contributed by atoms with E-state index in [1.165, 1.54) is 11.8 Å². The number of aromatic amines is 1. The fourth-order valence-electron chi connectivity index (χ4n) is 2.39. The molecule has 0 radical (unpaired) electrons. The zero-order valence-corrected chi connectivity index (χ0v) is 16.9. The summed E-state index contributed by atoms with van der Waals surface area (Å²) in [4.78, 5) is 16.4. The Morgan fingerprint density at radius 2 is 2.04 bits per heavy atom. The minimum Gasteiger partial charge on any atom is -0.486 e. The summed E-state index contributed by atoms with van der Waals surface area (Å²) in [6.07, 6.45) is 0. The van der Waals surface area contributed by atoms with Crippen LogP contribution < -0.4 is 19.5 Å². The van der Waals surface area contributed by atoms with Crippen LogP contribution >= 0.6 is 27.7 Å². The number of nitrogens with zero attached hydrogens (tertiary/aromatic N) is 2. The molecule has 0 saturated heterocycles. The maximum absolute atomic E-state index is 12.1. The van der Waals surface area contributed by atoms with E-state index >= 15 is 0 Å². The van der Waals surface area contributed by atoms with Crippen LogP contribution in [0.1, 0.15) is 5.82 Å². The minimum atomic E-state index is -0.165. The quantitative estimate of drug-likeness (QED) is 0.517. The van der Waals surface area contributed by atoms with Crippen molar-refractivity contribution in [2.45, 2.75) is 11.8 Å². The summed E-state index contributed by atoms with van der Waals surface area (Å²) < 4.78 is 17.2. The van der Waals surface area contributed by atoms with E-state index in [4.69, 9.17) is 14.2 Å². The molecule has 0 unspecified atom stereocenters. The molecule has 1 amide bonds. The van der Waals surface area contributed by atoms with Crippen molar-refractivity contribution >= 4 is 39.3 Å². The monoisotopic (exact) mass is 462 g/mol. The van der Waals surface area contributed by atoms with Gasteiger partial charge in [-0.25, -0.2) is 4.98 Å². The minimum absolute atomic E-state index is 0.165. The molecule has 1 aliphatic rings. The van der Waals surface area contributed by atoms with Gasteiger partial charge in [-0.2, -0.15) is 0 Å². The molecule has 10 heteroatoms. The van der Waals surface area contributed by atoms with Crippen molar-refractivity contribution < 1.29 is 19.0 Å². The number of halogens is 1. The second-order valence-electron chi connectivity index (χ2n) is 5.71. The van der Waals surface area contributed by atoms with Crippen LogP contribution in [0, 0.1) is 0 Å². The topological polar surface area (TPSA) is 98.4 Å². The van der Waals surface area contributed by atoms with E-state index < -0.39 is 0 Å². The van der Waals surface area contributed by atoms with Gasteiger partial charge in [-0.15, -0.1) is 5.10 Å². The molecule has 2 heterocycles. The molecule has 0 bridgehead atoms. The van der Waals surface area contributed by atoms with Crippen molar-refractivity contribution in [3.8, 4) is 17.2 Å². The first-order valence-electron chi connectivity index (χ1n) is 8.28. The lowest BCUT2D eigenvalue weighted by atomic mass is 10.3. The molecular formula is C18H15BrN4O4S. The Hall–Kier alpha value is -2.72. The molecule has 1 aliphatic heterocycles. The van der Waals surface area contributed by atoms with Crippen molar-refractivity contribution in [2.24, 2.45) is 0 Å². The number of amides is 1. The molecule has 8 nitrogen and oxygen atoms in total. The molecule has 4 rings (SSSR count). The summed E-state index contributed by atoms with van der Waals surface area (Å²) in [7, 11) is 0. The van der Waals surface area contributed by atoms with E-state index in [2.05, 4.69) is 36.4 Å². The van der Waals surface area contributed by atoms with Gasteiger partial charge in [0.1, 0.15) is 12.4 Å². The van der Waals surface area contributed by atoms with Gasteiger partial charge in [0.15, 0.2) is 17.3 Å². The normalized spacial score (nSPS) is 12.0. The Bertz CT molecular complexity index is 980. The highest BCUT2D eigenvalue weighted by atomic mass is 79.9. The van der Waals surface area contributed by atoms with Gasteiger partial charge < -0.3 is 19.5 Å². The zero-order chi connectivity index (χ0) is 19.3. The Balaban J connectivity index is 1.24. The number of ether oxygens (including phenoxy) is 3. The highest BCUT2D eigenvalue weighted by Gasteiger charge is 2.14. The van der Waals surface area contributed by atoms with Crippen LogP contribution in [0.15, 0.2) is 52.1 Å².